The number of carbonyl (C=O) groups excluding carboxylic acids is 1. The van der Waals surface area contributed by atoms with Crippen molar-refractivity contribution in [2.24, 2.45) is 5.73 Å². The zero-order chi connectivity index (χ0) is 20.7. The summed E-state index contributed by atoms with van der Waals surface area (Å²) in [5, 5.41) is 0.409. The molecule has 4 aromatic rings. The monoisotopic (exact) mass is 407 g/mol. The number of amides is 1. The van der Waals surface area contributed by atoms with Crippen LogP contribution in [0.5, 0.6) is 0 Å². The number of aromatic nitrogens is 2. The highest BCUT2D eigenvalue weighted by Gasteiger charge is 2.24. The third-order valence-electron chi connectivity index (χ3n) is 4.90. The fourth-order valence-corrected chi connectivity index (χ4v) is 4.45. The Hall–Kier alpha value is -3.32. The first-order chi connectivity index (χ1) is 13.9. The SMILES string of the molecule is Cc1sc2nc(-c3ccccc3)n(C(C)C(N)=O)c(=O)c2c1-c1ccc(F)cc1. The molecule has 0 bridgehead atoms. The summed E-state index contributed by atoms with van der Waals surface area (Å²) in [4.78, 5) is 31.7. The van der Waals surface area contributed by atoms with Gasteiger partial charge < -0.3 is 5.73 Å². The van der Waals surface area contributed by atoms with E-state index >= 15 is 0 Å². The summed E-state index contributed by atoms with van der Waals surface area (Å²) in [6.45, 7) is 3.48. The van der Waals surface area contributed by atoms with Crippen LogP contribution in [0.25, 0.3) is 32.7 Å². The number of rotatable bonds is 4. The number of aryl methyl sites for hydroxylation is 1. The van der Waals surface area contributed by atoms with Gasteiger partial charge in [-0.15, -0.1) is 11.3 Å². The van der Waals surface area contributed by atoms with Crippen LogP contribution in [0.2, 0.25) is 0 Å². The third kappa shape index (κ3) is 3.23. The topological polar surface area (TPSA) is 78.0 Å². The Bertz CT molecular complexity index is 1280. The number of halogens is 1. The molecule has 0 saturated carbocycles. The summed E-state index contributed by atoms with van der Waals surface area (Å²) in [5.41, 5.74) is 7.33. The molecule has 0 saturated heterocycles. The molecule has 2 heterocycles. The lowest BCUT2D eigenvalue weighted by molar-refractivity contribution is -0.120. The van der Waals surface area contributed by atoms with E-state index in [9.17, 15) is 14.0 Å². The highest BCUT2D eigenvalue weighted by atomic mass is 32.1. The quantitative estimate of drug-likeness (QED) is 0.548. The van der Waals surface area contributed by atoms with E-state index in [1.165, 1.54) is 28.0 Å². The minimum absolute atomic E-state index is 0.344. The van der Waals surface area contributed by atoms with Gasteiger partial charge in [0.2, 0.25) is 5.91 Å². The molecular weight excluding hydrogens is 389 g/mol. The lowest BCUT2D eigenvalue weighted by Crippen LogP contribution is -2.33. The molecule has 0 aliphatic rings. The van der Waals surface area contributed by atoms with Crippen molar-refractivity contribution in [3.05, 3.63) is 75.6 Å². The van der Waals surface area contributed by atoms with Gasteiger partial charge in [0.25, 0.3) is 5.56 Å². The fourth-order valence-electron chi connectivity index (χ4n) is 3.42. The molecular formula is C22H18FN3O2S. The van der Waals surface area contributed by atoms with Gasteiger partial charge in [-0.3, -0.25) is 14.2 Å². The van der Waals surface area contributed by atoms with Crippen LogP contribution in [0.3, 0.4) is 0 Å². The number of hydrogen-bond acceptors (Lipinski definition) is 4. The molecule has 2 N–H and O–H groups in total. The molecule has 1 atom stereocenters. The highest BCUT2D eigenvalue weighted by Crippen LogP contribution is 2.37. The van der Waals surface area contributed by atoms with E-state index in [0.717, 1.165) is 10.4 Å². The average molecular weight is 407 g/mol. The van der Waals surface area contributed by atoms with Gasteiger partial charge in [-0.05, 0) is 31.5 Å². The average Bonchev–Trinajstić information content (AvgIpc) is 3.05. The molecule has 146 valence electrons. The fraction of sp³-hybridized carbons (Fsp3) is 0.136. The number of benzene rings is 2. The van der Waals surface area contributed by atoms with E-state index in [2.05, 4.69) is 0 Å². The van der Waals surface area contributed by atoms with Gasteiger partial charge in [-0.1, -0.05) is 42.5 Å². The molecule has 0 aliphatic carbocycles. The molecule has 29 heavy (non-hydrogen) atoms. The smallest absolute Gasteiger partial charge is 0.263 e. The molecule has 1 unspecified atom stereocenters. The van der Waals surface area contributed by atoms with Crippen LogP contribution in [0.15, 0.2) is 59.4 Å². The van der Waals surface area contributed by atoms with Crippen molar-refractivity contribution in [2.75, 3.05) is 0 Å². The van der Waals surface area contributed by atoms with Crippen LogP contribution < -0.4 is 11.3 Å². The zero-order valence-corrected chi connectivity index (χ0v) is 16.7. The second-order valence-corrected chi connectivity index (χ2v) is 7.98. The number of hydrogen-bond donors (Lipinski definition) is 1. The molecule has 2 aromatic carbocycles. The Balaban J connectivity index is 2.10. The largest absolute Gasteiger partial charge is 0.368 e. The second-order valence-electron chi connectivity index (χ2n) is 6.78. The minimum atomic E-state index is -0.879. The Morgan fingerprint density at radius 3 is 2.38 bits per heavy atom. The zero-order valence-electron chi connectivity index (χ0n) is 15.8. The number of thiophene rings is 1. The molecule has 4 rings (SSSR count). The van der Waals surface area contributed by atoms with E-state index in [0.29, 0.717) is 27.2 Å². The van der Waals surface area contributed by atoms with Crippen LogP contribution in [0.4, 0.5) is 4.39 Å². The predicted molar refractivity (Wildman–Crippen MR) is 113 cm³/mol. The van der Waals surface area contributed by atoms with Crippen molar-refractivity contribution >= 4 is 27.5 Å². The van der Waals surface area contributed by atoms with Gasteiger partial charge in [0.05, 0.1) is 5.39 Å². The van der Waals surface area contributed by atoms with Crippen molar-refractivity contribution in [2.45, 2.75) is 19.9 Å². The van der Waals surface area contributed by atoms with Crippen LogP contribution in [-0.4, -0.2) is 15.5 Å². The van der Waals surface area contributed by atoms with Crippen LogP contribution >= 0.6 is 11.3 Å². The van der Waals surface area contributed by atoms with Gasteiger partial charge in [0.1, 0.15) is 22.5 Å². The number of nitrogens with zero attached hydrogens (tertiary/aromatic N) is 2. The predicted octanol–water partition coefficient (Wildman–Crippen LogP) is 4.29. The maximum Gasteiger partial charge on any atom is 0.263 e. The van der Waals surface area contributed by atoms with E-state index in [-0.39, 0.29) is 11.4 Å². The first kappa shape index (κ1) is 19.0. The standard InChI is InChI=1S/C22H18FN3O2S/c1-12(19(24)27)26-20(15-6-4-3-5-7-15)25-21-18(22(26)28)17(13(2)29-21)14-8-10-16(23)11-9-14/h3-12H,1-2H3,(H2,24,27). The Labute approximate surface area is 170 Å². The molecule has 7 heteroatoms. The van der Waals surface area contributed by atoms with Crippen molar-refractivity contribution in [3.63, 3.8) is 0 Å². The molecule has 0 radical (unpaired) electrons. The van der Waals surface area contributed by atoms with Crippen LogP contribution in [0.1, 0.15) is 17.8 Å². The second kappa shape index (κ2) is 7.25. The first-order valence-corrected chi connectivity index (χ1v) is 9.86. The van der Waals surface area contributed by atoms with Crippen LogP contribution in [0, 0.1) is 12.7 Å². The van der Waals surface area contributed by atoms with Gasteiger partial charge in [0, 0.05) is 16.0 Å². The van der Waals surface area contributed by atoms with Gasteiger partial charge in [-0.25, -0.2) is 9.37 Å². The minimum Gasteiger partial charge on any atom is -0.368 e. The summed E-state index contributed by atoms with van der Waals surface area (Å²) in [6.07, 6.45) is 0. The van der Waals surface area contributed by atoms with E-state index in [1.54, 1.807) is 19.1 Å². The lowest BCUT2D eigenvalue weighted by Gasteiger charge is -2.17. The molecule has 0 aliphatic heterocycles. The van der Waals surface area contributed by atoms with Gasteiger partial charge in [-0.2, -0.15) is 0 Å². The van der Waals surface area contributed by atoms with Crippen molar-refractivity contribution in [3.8, 4) is 22.5 Å². The third-order valence-corrected chi connectivity index (χ3v) is 5.90. The summed E-state index contributed by atoms with van der Waals surface area (Å²) >= 11 is 1.40. The number of primary amides is 1. The Morgan fingerprint density at radius 2 is 1.76 bits per heavy atom. The van der Waals surface area contributed by atoms with Crippen LogP contribution in [-0.2, 0) is 4.79 Å². The summed E-state index contributed by atoms with van der Waals surface area (Å²) < 4.78 is 14.7. The maximum absolute atomic E-state index is 13.6. The molecule has 0 spiro atoms. The van der Waals surface area contributed by atoms with Gasteiger partial charge >= 0.3 is 0 Å². The molecule has 0 fully saturated rings. The molecule has 5 nitrogen and oxygen atoms in total. The van der Waals surface area contributed by atoms with E-state index in [4.69, 9.17) is 10.7 Å². The normalized spacial score (nSPS) is 12.2. The highest BCUT2D eigenvalue weighted by molar-refractivity contribution is 7.19. The first-order valence-electron chi connectivity index (χ1n) is 9.04. The summed E-state index contributed by atoms with van der Waals surface area (Å²) in [7, 11) is 0. The Morgan fingerprint density at radius 1 is 1.10 bits per heavy atom. The summed E-state index contributed by atoms with van der Waals surface area (Å²) in [6, 6.07) is 14.3. The number of carbonyl (C=O) groups is 1. The molecule has 2 aromatic heterocycles. The van der Waals surface area contributed by atoms with E-state index in [1.807, 2.05) is 37.3 Å². The molecule has 1 amide bonds. The van der Waals surface area contributed by atoms with Gasteiger partial charge in [0.15, 0.2) is 0 Å². The van der Waals surface area contributed by atoms with Crippen molar-refractivity contribution < 1.29 is 9.18 Å². The van der Waals surface area contributed by atoms with Crippen molar-refractivity contribution in [1.29, 1.82) is 0 Å². The van der Waals surface area contributed by atoms with Crippen molar-refractivity contribution in [1.82, 2.24) is 9.55 Å². The Kier molecular flexibility index (Phi) is 4.76. The number of fused-ring (bicyclic) bond motifs is 1. The van der Waals surface area contributed by atoms with E-state index < -0.39 is 11.9 Å². The summed E-state index contributed by atoms with van der Waals surface area (Å²) in [5.74, 6) is -0.586. The maximum atomic E-state index is 13.6. The number of nitrogens with two attached hydrogens (primary N) is 1. The lowest BCUT2D eigenvalue weighted by atomic mass is 10.0.